The topological polar surface area (TPSA) is 49.7 Å². The zero-order chi connectivity index (χ0) is 10.9. The molecule has 0 unspecified atom stereocenters. The smallest absolute Gasteiger partial charge is 0.277 e. The van der Waals surface area contributed by atoms with Crippen LogP contribution >= 0.6 is 0 Å². The zero-order valence-corrected chi connectivity index (χ0v) is 9.46. The second-order valence-corrected chi connectivity index (χ2v) is 3.76. The summed E-state index contributed by atoms with van der Waals surface area (Å²) in [6.07, 6.45) is 6.39. The van der Waals surface area contributed by atoms with Gasteiger partial charge in [0.2, 0.25) is 0 Å². The van der Waals surface area contributed by atoms with Crippen molar-refractivity contribution in [1.29, 1.82) is 0 Å². The molecule has 0 heterocycles. The van der Waals surface area contributed by atoms with Gasteiger partial charge in [-0.1, -0.05) is 39.5 Å². The largest absolute Gasteiger partial charge is 0.343 e. The summed E-state index contributed by atoms with van der Waals surface area (Å²) < 4.78 is 4.99. The Balaban J connectivity index is 3.35. The minimum absolute atomic E-state index is 0.303. The predicted molar refractivity (Wildman–Crippen MR) is 56.8 cm³/mol. The quantitative estimate of drug-likeness (QED) is 0.448. The summed E-state index contributed by atoms with van der Waals surface area (Å²) in [5.41, 5.74) is 0. The number of hydrogen-bond acceptors (Lipinski definition) is 3. The van der Waals surface area contributed by atoms with Gasteiger partial charge in [0.1, 0.15) is 0 Å². The molecule has 0 saturated heterocycles. The Labute approximate surface area is 87.1 Å². The van der Waals surface area contributed by atoms with Crippen LogP contribution < -0.4 is 0 Å². The average Bonchev–Trinajstić information content (AvgIpc) is 2.15. The molecular formula is C11H24O3. The van der Waals surface area contributed by atoms with E-state index in [1.54, 1.807) is 0 Å². The van der Waals surface area contributed by atoms with Crippen LogP contribution in [-0.4, -0.2) is 22.8 Å². The maximum absolute atomic E-state index is 9.34. The van der Waals surface area contributed by atoms with Crippen molar-refractivity contribution in [3.8, 4) is 0 Å². The Bertz CT molecular complexity index is 124. The fraction of sp³-hybridized carbons (Fsp3) is 1.00. The molecule has 0 atom stereocenters. The van der Waals surface area contributed by atoms with Gasteiger partial charge in [0, 0.05) is 6.42 Å². The highest BCUT2D eigenvalue weighted by Gasteiger charge is 2.22. The summed E-state index contributed by atoms with van der Waals surface area (Å²) in [6.45, 7) is 4.60. The second-order valence-electron chi connectivity index (χ2n) is 3.76. The van der Waals surface area contributed by atoms with E-state index >= 15 is 0 Å². The molecule has 0 spiro atoms. The molecule has 86 valence electrons. The van der Waals surface area contributed by atoms with Gasteiger partial charge in [-0.3, -0.25) is 0 Å². The van der Waals surface area contributed by atoms with Crippen molar-refractivity contribution < 1.29 is 14.9 Å². The van der Waals surface area contributed by atoms with Gasteiger partial charge in [0.05, 0.1) is 6.61 Å². The maximum Gasteiger partial charge on any atom is 0.277 e. The van der Waals surface area contributed by atoms with E-state index in [0.29, 0.717) is 13.0 Å². The first-order valence-electron chi connectivity index (χ1n) is 5.71. The fourth-order valence-corrected chi connectivity index (χ4v) is 1.24. The Hall–Kier alpha value is -0.120. The third-order valence-electron chi connectivity index (χ3n) is 2.19. The number of ether oxygens (including phenoxy) is 1. The van der Waals surface area contributed by atoms with Gasteiger partial charge in [-0.25, -0.2) is 0 Å². The minimum Gasteiger partial charge on any atom is -0.343 e. The summed E-state index contributed by atoms with van der Waals surface area (Å²) in [7, 11) is 0. The van der Waals surface area contributed by atoms with E-state index in [-0.39, 0.29) is 0 Å². The van der Waals surface area contributed by atoms with E-state index in [0.717, 1.165) is 25.7 Å². The van der Waals surface area contributed by atoms with E-state index in [1.165, 1.54) is 12.8 Å². The van der Waals surface area contributed by atoms with E-state index in [4.69, 9.17) is 4.74 Å². The molecule has 2 N–H and O–H groups in total. The molecule has 0 bridgehead atoms. The summed E-state index contributed by atoms with van der Waals surface area (Å²) in [5.74, 6) is -1.90. The lowest BCUT2D eigenvalue weighted by Crippen LogP contribution is -2.32. The Morgan fingerprint density at radius 2 is 1.57 bits per heavy atom. The van der Waals surface area contributed by atoms with Gasteiger partial charge in [0.25, 0.3) is 5.97 Å². The molecule has 14 heavy (non-hydrogen) atoms. The average molecular weight is 204 g/mol. The van der Waals surface area contributed by atoms with Crippen LogP contribution in [0.2, 0.25) is 0 Å². The highest BCUT2D eigenvalue weighted by Crippen LogP contribution is 2.13. The van der Waals surface area contributed by atoms with Crippen LogP contribution in [0, 0.1) is 0 Å². The number of rotatable bonds is 9. The van der Waals surface area contributed by atoms with Crippen LogP contribution in [0.5, 0.6) is 0 Å². The highest BCUT2D eigenvalue weighted by molar-refractivity contribution is 4.51. The third kappa shape index (κ3) is 8.48. The van der Waals surface area contributed by atoms with Crippen molar-refractivity contribution in [2.75, 3.05) is 6.61 Å². The number of aliphatic hydroxyl groups is 2. The van der Waals surface area contributed by atoms with Crippen LogP contribution in [0.25, 0.3) is 0 Å². The second kappa shape index (κ2) is 8.21. The van der Waals surface area contributed by atoms with E-state index in [2.05, 4.69) is 6.92 Å². The van der Waals surface area contributed by atoms with Crippen LogP contribution in [0.3, 0.4) is 0 Å². The first-order chi connectivity index (χ1) is 6.62. The zero-order valence-electron chi connectivity index (χ0n) is 9.46. The molecule has 0 aromatic rings. The van der Waals surface area contributed by atoms with Crippen molar-refractivity contribution >= 4 is 0 Å². The molecule has 0 aromatic heterocycles. The highest BCUT2D eigenvalue weighted by atomic mass is 16.8. The first-order valence-corrected chi connectivity index (χ1v) is 5.71. The molecule has 0 aliphatic carbocycles. The SMILES string of the molecule is CCCCCCOC(O)(O)CCCC. The van der Waals surface area contributed by atoms with E-state index in [9.17, 15) is 10.2 Å². The van der Waals surface area contributed by atoms with Crippen LogP contribution in [0.1, 0.15) is 58.8 Å². The maximum atomic E-state index is 9.34. The third-order valence-corrected chi connectivity index (χ3v) is 2.19. The van der Waals surface area contributed by atoms with Crippen molar-refractivity contribution in [3.05, 3.63) is 0 Å². The molecule has 3 heteroatoms. The van der Waals surface area contributed by atoms with Gasteiger partial charge >= 0.3 is 0 Å². The monoisotopic (exact) mass is 204 g/mol. The standard InChI is InChI=1S/C11H24O3/c1-3-5-7-8-10-14-11(12,13)9-6-4-2/h12-13H,3-10H2,1-2H3. The van der Waals surface area contributed by atoms with Gasteiger partial charge in [-0.05, 0) is 12.8 Å². The van der Waals surface area contributed by atoms with Crippen molar-refractivity contribution in [3.63, 3.8) is 0 Å². The summed E-state index contributed by atoms with van der Waals surface area (Å²) >= 11 is 0. The van der Waals surface area contributed by atoms with Crippen molar-refractivity contribution in [1.82, 2.24) is 0 Å². The number of hydrogen-bond donors (Lipinski definition) is 2. The lowest BCUT2D eigenvalue weighted by Gasteiger charge is -2.21. The van der Waals surface area contributed by atoms with Crippen molar-refractivity contribution in [2.45, 2.75) is 64.8 Å². The summed E-state index contributed by atoms with van der Waals surface area (Å²) in [6, 6.07) is 0. The Kier molecular flexibility index (Phi) is 8.14. The van der Waals surface area contributed by atoms with E-state index < -0.39 is 5.97 Å². The molecule has 0 aliphatic heterocycles. The van der Waals surface area contributed by atoms with Gasteiger partial charge < -0.3 is 14.9 Å². The Morgan fingerprint density at radius 1 is 0.929 bits per heavy atom. The number of unbranched alkanes of at least 4 members (excludes halogenated alkanes) is 4. The lowest BCUT2D eigenvalue weighted by molar-refractivity contribution is -0.341. The van der Waals surface area contributed by atoms with Gasteiger partial charge in [0.15, 0.2) is 0 Å². The molecule has 0 aromatic carbocycles. The molecule has 0 amide bonds. The molecular weight excluding hydrogens is 180 g/mol. The van der Waals surface area contributed by atoms with Crippen LogP contribution in [0.4, 0.5) is 0 Å². The lowest BCUT2D eigenvalue weighted by atomic mass is 10.2. The molecule has 3 nitrogen and oxygen atoms in total. The predicted octanol–water partition coefficient (Wildman–Crippen LogP) is 2.41. The van der Waals surface area contributed by atoms with Crippen LogP contribution in [0.15, 0.2) is 0 Å². The fourth-order valence-electron chi connectivity index (χ4n) is 1.24. The molecule has 0 fully saturated rings. The Morgan fingerprint density at radius 3 is 2.14 bits per heavy atom. The summed E-state index contributed by atoms with van der Waals surface area (Å²) in [4.78, 5) is 0. The molecule has 0 radical (unpaired) electrons. The van der Waals surface area contributed by atoms with Crippen LogP contribution in [-0.2, 0) is 4.74 Å². The van der Waals surface area contributed by atoms with Gasteiger partial charge in [-0.2, -0.15) is 0 Å². The minimum atomic E-state index is -1.90. The van der Waals surface area contributed by atoms with Gasteiger partial charge in [-0.15, -0.1) is 0 Å². The summed E-state index contributed by atoms with van der Waals surface area (Å²) in [5, 5.41) is 18.7. The normalized spacial score (nSPS) is 12.0. The van der Waals surface area contributed by atoms with Crippen molar-refractivity contribution in [2.24, 2.45) is 0 Å². The molecule has 0 saturated carbocycles. The van der Waals surface area contributed by atoms with E-state index in [1.807, 2.05) is 6.92 Å². The molecule has 0 aliphatic rings. The molecule has 0 rings (SSSR count). The first kappa shape index (κ1) is 13.9.